The highest BCUT2D eigenvalue weighted by atomic mass is 16.6. The van der Waals surface area contributed by atoms with Crippen LogP contribution in [0, 0.1) is 0 Å². The average molecular weight is 457 g/mol. The molecular weight excluding hydrogens is 434 g/mol. The van der Waals surface area contributed by atoms with Crippen molar-refractivity contribution in [2.45, 2.75) is 18.5 Å². The third-order valence-corrected chi connectivity index (χ3v) is 5.20. The number of ether oxygens (including phenoxy) is 2. The predicted octanol–water partition coefficient (Wildman–Crippen LogP) is 3.84. The van der Waals surface area contributed by atoms with Gasteiger partial charge in [0, 0.05) is 18.8 Å². The number of pyridine rings is 1. The minimum Gasteiger partial charge on any atom is -0.449 e. The molecule has 0 radical (unpaired) electrons. The Morgan fingerprint density at radius 2 is 1.74 bits per heavy atom. The number of amides is 3. The number of hydrogen-bond acceptors (Lipinski definition) is 6. The Morgan fingerprint density at radius 1 is 1.00 bits per heavy atom. The lowest BCUT2D eigenvalue weighted by Gasteiger charge is -2.42. The molecule has 2 heterocycles. The summed E-state index contributed by atoms with van der Waals surface area (Å²) in [6.07, 6.45) is 5.65. The fourth-order valence-corrected chi connectivity index (χ4v) is 3.46. The van der Waals surface area contributed by atoms with Crippen molar-refractivity contribution >= 4 is 24.2 Å². The molecule has 4 rings (SSSR count). The molecule has 0 spiro atoms. The third-order valence-electron chi connectivity index (χ3n) is 5.20. The first-order valence-corrected chi connectivity index (χ1v) is 10.8. The number of nitrogens with zero attached hydrogens (tertiary/aromatic N) is 2. The molecule has 1 fully saturated rings. The second-order valence-corrected chi connectivity index (χ2v) is 7.52. The molecule has 34 heavy (non-hydrogen) atoms. The van der Waals surface area contributed by atoms with E-state index in [1.54, 1.807) is 60.9 Å². The van der Waals surface area contributed by atoms with Crippen LogP contribution in [0.2, 0.25) is 0 Å². The molecule has 3 aromatic rings. The van der Waals surface area contributed by atoms with Crippen molar-refractivity contribution in [3.63, 3.8) is 0 Å². The molecule has 1 saturated heterocycles. The first-order chi connectivity index (χ1) is 16.6. The fraction of sp³-hybridized carbons (Fsp3) is 0.154. The SMILES string of the molecule is O=C(N[C@@H]1C(=O)N(C(=O)Oc2ccccc2)[C@@H]1/C=C/c1cccnc1)OCCc1ccccc1. The van der Waals surface area contributed by atoms with E-state index in [0.29, 0.717) is 12.2 Å². The Labute approximate surface area is 196 Å². The number of para-hydroxylation sites is 1. The molecule has 1 aliphatic heterocycles. The maximum atomic E-state index is 12.8. The lowest BCUT2D eigenvalue weighted by molar-refractivity contribution is -0.143. The Kier molecular flexibility index (Phi) is 7.29. The van der Waals surface area contributed by atoms with Crippen molar-refractivity contribution in [2.75, 3.05) is 6.61 Å². The summed E-state index contributed by atoms with van der Waals surface area (Å²) in [5.74, 6) is -0.270. The summed E-state index contributed by atoms with van der Waals surface area (Å²) in [5, 5.41) is 2.56. The average Bonchev–Trinajstić information content (AvgIpc) is 2.86. The molecular formula is C26H23N3O5. The van der Waals surface area contributed by atoms with E-state index in [9.17, 15) is 14.4 Å². The van der Waals surface area contributed by atoms with Crippen LogP contribution < -0.4 is 10.1 Å². The number of carbonyl (C=O) groups excluding carboxylic acids is 3. The monoisotopic (exact) mass is 457 g/mol. The van der Waals surface area contributed by atoms with E-state index in [1.165, 1.54) is 0 Å². The van der Waals surface area contributed by atoms with E-state index in [0.717, 1.165) is 16.0 Å². The number of β-lactam (4-membered cyclic amide) rings is 1. The van der Waals surface area contributed by atoms with Crippen LogP contribution in [-0.4, -0.2) is 46.7 Å². The minimum absolute atomic E-state index is 0.159. The number of nitrogens with one attached hydrogen (secondary N) is 1. The van der Waals surface area contributed by atoms with E-state index < -0.39 is 30.2 Å². The lowest BCUT2D eigenvalue weighted by atomic mass is 9.94. The van der Waals surface area contributed by atoms with Crippen LogP contribution in [0.5, 0.6) is 5.75 Å². The predicted molar refractivity (Wildman–Crippen MR) is 125 cm³/mol. The standard InChI is InChI=1S/C26H23N3O5/c30-24-23(28-25(31)33-17-15-19-8-3-1-4-9-19)22(14-13-20-10-7-16-27-18-20)29(24)26(32)34-21-11-5-2-6-12-21/h1-14,16,18,22-23H,15,17H2,(H,28,31)/b14-13+/t22-,23+/m1/s1. The van der Waals surface area contributed by atoms with Crippen molar-refractivity contribution < 1.29 is 23.9 Å². The molecule has 8 heteroatoms. The Morgan fingerprint density at radius 3 is 2.44 bits per heavy atom. The van der Waals surface area contributed by atoms with Crippen molar-refractivity contribution in [2.24, 2.45) is 0 Å². The Hall–Kier alpha value is -4.46. The van der Waals surface area contributed by atoms with Crippen LogP contribution in [0.3, 0.4) is 0 Å². The zero-order chi connectivity index (χ0) is 23.8. The van der Waals surface area contributed by atoms with Crippen molar-refractivity contribution in [1.82, 2.24) is 15.2 Å². The zero-order valence-corrected chi connectivity index (χ0v) is 18.2. The van der Waals surface area contributed by atoms with Gasteiger partial charge in [0.05, 0.1) is 12.6 Å². The fourth-order valence-electron chi connectivity index (χ4n) is 3.46. The summed E-state index contributed by atoms with van der Waals surface area (Å²) in [5.41, 5.74) is 1.81. The first kappa shape index (κ1) is 22.7. The first-order valence-electron chi connectivity index (χ1n) is 10.8. The summed E-state index contributed by atoms with van der Waals surface area (Å²) in [6, 6.07) is 19.9. The van der Waals surface area contributed by atoms with Crippen LogP contribution in [0.4, 0.5) is 9.59 Å². The number of likely N-dealkylation sites (tertiary alicyclic amines) is 1. The molecule has 8 nitrogen and oxygen atoms in total. The second kappa shape index (κ2) is 10.9. The van der Waals surface area contributed by atoms with E-state index in [4.69, 9.17) is 9.47 Å². The van der Waals surface area contributed by atoms with Gasteiger partial charge in [0.1, 0.15) is 11.8 Å². The second-order valence-electron chi connectivity index (χ2n) is 7.52. The van der Waals surface area contributed by atoms with Gasteiger partial charge in [-0.15, -0.1) is 0 Å². The smallest absolute Gasteiger partial charge is 0.422 e. The van der Waals surface area contributed by atoms with Gasteiger partial charge >= 0.3 is 12.2 Å². The molecule has 2 aromatic carbocycles. The molecule has 2 atom stereocenters. The van der Waals surface area contributed by atoms with Gasteiger partial charge in [-0.1, -0.05) is 66.7 Å². The molecule has 0 aliphatic carbocycles. The maximum Gasteiger partial charge on any atom is 0.422 e. The molecule has 3 amide bonds. The zero-order valence-electron chi connectivity index (χ0n) is 18.2. The summed E-state index contributed by atoms with van der Waals surface area (Å²) < 4.78 is 10.5. The van der Waals surface area contributed by atoms with Crippen molar-refractivity contribution in [3.8, 4) is 5.75 Å². The van der Waals surface area contributed by atoms with Crippen LogP contribution in [0.1, 0.15) is 11.1 Å². The van der Waals surface area contributed by atoms with E-state index in [-0.39, 0.29) is 6.61 Å². The molecule has 0 saturated carbocycles. The molecule has 1 aliphatic rings. The highest BCUT2D eigenvalue weighted by molar-refractivity contribution is 6.04. The highest BCUT2D eigenvalue weighted by Gasteiger charge is 2.51. The van der Waals surface area contributed by atoms with Gasteiger partial charge in [0.25, 0.3) is 5.91 Å². The molecule has 1 N–H and O–H groups in total. The van der Waals surface area contributed by atoms with Crippen molar-refractivity contribution in [3.05, 3.63) is 102 Å². The maximum absolute atomic E-state index is 12.8. The number of rotatable bonds is 7. The quantitative estimate of drug-likeness (QED) is 0.542. The molecule has 0 bridgehead atoms. The highest BCUT2D eigenvalue weighted by Crippen LogP contribution is 2.25. The van der Waals surface area contributed by atoms with Crippen molar-refractivity contribution in [1.29, 1.82) is 0 Å². The third kappa shape index (κ3) is 5.66. The number of aromatic nitrogens is 1. The number of alkyl carbamates (subject to hydrolysis) is 1. The lowest BCUT2D eigenvalue weighted by Crippen LogP contribution is -2.71. The minimum atomic E-state index is -0.958. The number of hydrogen-bond donors (Lipinski definition) is 1. The van der Waals surface area contributed by atoms with Crippen LogP contribution in [-0.2, 0) is 16.0 Å². The van der Waals surface area contributed by atoms with E-state index in [2.05, 4.69) is 10.3 Å². The van der Waals surface area contributed by atoms with Gasteiger partial charge in [-0.3, -0.25) is 9.78 Å². The summed E-state index contributed by atoms with van der Waals surface area (Å²) >= 11 is 0. The van der Waals surface area contributed by atoms with Gasteiger partial charge in [0.2, 0.25) is 0 Å². The summed E-state index contributed by atoms with van der Waals surface area (Å²) in [4.78, 5) is 42.8. The Balaban J connectivity index is 1.41. The van der Waals surface area contributed by atoms with Crippen LogP contribution >= 0.6 is 0 Å². The molecule has 172 valence electrons. The van der Waals surface area contributed by atoms with E-state index >= 15 is 0 Å². The van der Waals surface area contributed by atoms with Crippen LogP contribution in [0.15, 0.2) is 91.3 Å². The number of carbonyl (C=O) groups is 3. The summed E-state index contributed by atoms with van der Waals surface area (Å²) in [6.45, 7) is 0.159. The topological polar surface area (TPSA) is 97.8 Å². The van der Waals surface area contributed by atoms with Gasteiger partial charge in [-0.2, -0.15) is 0 Å². The number of imide groups is 1. The number of benzene rings is 2. The largest absolute Gasteiger partial charge is 0.449 e. The van der Waals surface area contributed by atoms with E-state index in [1.807, 2.05) is 36.4 Å². The molecule has 0 unspecified atom stereocenters. The van der Waals surface area contributed by atoms with Gasteiger partial charge in [-0.05, 0) is 29.3 Å². The normalized spacial score (nSPS) is 17.2. The van der Waals surface area contributed by atoms with Crippen LogP contribution in [0.25, 0.3) is 6.08 Å². The van der Waals surface area contributed by atoms with Gasteiger partial charge < -0.3 is 14.8 Å². The Bertz CT molecular complexity index is 1150. The van der Waals surface area contributed by atoms with Gasteiger partial charge in [0.15, 0.2) is 0 Å². The van der Waals surface area contributed by atoms with Gasteiger partial charge in [-0.25, -0.2) is 14.5 Å². The summed E-state index contributed by atoms with van der Waals surface area (Å²) in [7, 11) is 0. The molecule has 1 aromatic heterocycles.